The molecule has 2 saturated heterocycles. The molecule has 2 atom stereocenters. The van der Waals surface area contributed by atoms with E-state index in [4.69, 9.17) is 0 Å². The number of hydrogen-bond acceptors (Lipinski definition) is 2. The summed E-state index contributed by atoms with van der Waals surface area (Å²) in [6.07, 6.45) is 1.16. The number of amides is 2. The Labute approximate surface area is 85.0 Å². The van der Waals surface area contributed by atoms with E-state index < -0.39 is 0 Å². The lowest BCUT2D eigenvalue weighted by molar-refractivity contribution is 0.190. The molecule has 0 bridgehead atoms. The molecule has 2 aliphatic rings. The first-order valence-corrected chi connectivity index (χ1v) is 5.46. The smallest absolute Gasteiger partial charge is 0.317 e. The van der Waals surface area contributed by atoms with Crippen molar-refractivity contribution in [1.29, 1.82) is 0 Å². The SMILES string of the molecule is CC(C)NC(=O)N1CC[C@@H]2CNC[C@H]21. The van der Waals surface area contributed by atoms with Crippen LogP contribution < -0.4 is 10.6 Å². The number of fused-ring (bicyclic) bond motifs is 1. The Bertz CT molecular complexity index is 229. The summed E-state index contributed by atoms with van der Waals surface area (Å²) in [4.78, 5) is 13.8. The molecule has 0 spiro atoms. The Morgan fingerprint density at radius 2 is 2.29 bits per heavy atom. The van der Waals surface area contributed by atoms with Crippen molar-refractivity contribution >= 4 is 6.03 Å². The number of rotatable bonds is 1. The molecular weight excluding hydrogens is 178 g/mol. The van der Waals surface area contributed by atoms with Crippen LogP contribution in [0.4, 0.5) is 4.79 Å². The fourth-order valence-corrected chi connectivity index (χ4v) is 2.43. The van der Waals surface area contributed by atoms with Crippen LogP contribution in [0.25, 0.3) is 0 Å². The van der Waals surface area contributed by atoms with Gasteiger partial charge in [-0.2, -0.15) is 0 Å². The number of likely N-dealkylation sites (tertiary alicyclic amines) is 1. The van der Waals surface area contributed by atoms with E-state index in [2.05, 4.69) is 10.6 Å². The molecular formula is C10H19N3O. The van der Waals surface area contributed by atoms with Crippen molar-refractivity contribution in [1.82, 2.24) is 15.5 Å². The highest BCUT2D eigenvalue weighted by Crippen LogP contribution is 2.26. The molecule has 80 valence electrons. The summed E-state index contributed by atoms with van der Waals surface area (Å²) in [5.41, 5.74) is 0. The third-order valence-corrected chi connectivity index (χ3v) is 3.12. The summed E-state index contributed by atoms with van der Waals surface area (Å²) in [6.45, 7) is 6.97. The highest BCUT2D eigenvalue weighted by Gasteiger charge is 2.39. The van der Waals surface area contributed by atoms with Crippen molar-refractivity contribution in [3.05, 3.63) is 0 Å². The van der Waals surface area contributed by atoms with Crippen LogP contribution in [0.2, 0.25) is 0 Å². The van der Waals surface area contributed by atoms with E-state index in [0.717, 1.165) is 26.1 Å². The minimum absolute atomic E-state index is 0.108. The molecule has 0 radical (unpaired) electrons. The van der Waals surface area contributed by atoms with Gasteiger partial charge < -0.3 is 15.5 Å². The van der Waals surface area contributed by atoms with Gasteiger partial charge in [-0.1, -0.05) is 0 Å². The van der Waals surface area contributed by atoms with Gasteiger partial charge in [0.15, 0.2) is 0 Å². The standard InChI is InChI=1S/C10H19N3O/c1-7(2)12-10(14)13-4-3-8-5-11-6-9(8)13/h7-9,11H,3-6H2,1-2H3,(H,12,14)/t8-,9-/m1/s1. The van der Waals surface area contributed by atoms with Crippen molar-refractivity contribution in [2.24, 2.45) is 5.92 Å². The Morgan fingerprint density at radius 3 is 3.00 bits per heavy atom. The van der Waals surface area contributed by atoms with E-state index in [1.165, 1.54) is 0 Å². The van der Waals surface area contributed by atoms with E-state index >= 15 is 0 Å². The van der Waals surface area contributed by atoms with Gasteiger partial charge in [0.05, 0.1) is 0 Å². The van der Waals surface area contributed by atoms with Crippen LogP contribution in [-0.2, 0) is 0 Å². The van der Waals surface area contributed by atoms with Crippen molar-refractivity contribution in [3.63, 3.8) is 0 Å². The third-order valence-electron chi connectivity index (χ3n) is 3.12. The summed E-state index contributed by atoms with van der Waals surface area (Å²) in [5.74, 6) is 0.688. The maximum absolute atomic E-state index is 11.8. The molecule has 14 heavy (non-hydrogen) atoms. The Morgan fingerprint density at radius 1 is 1.50 bits per heavy atom. The number of hydrogen-bond donors (Lipinski definition) is 2. The summed E-state index contributed by atoms with van der Waals surface area (Å²) in [5, 5.41) is 6.30. The maximum atomic E-state index is 11.8. The zero-order chi connectivity index (χ0) is 10.1. The van der Waals surface area contributed by atoms with Crippen LogP contribution in [0.1, 0.15) is 20.3 Å². The topological polar surface area (TPSA) is 44.4 Å². The molecule has 2 rings (SSSR count). The molecule has 0 saturated carbocycles. The van der Waals surface area contributed by atoms with Gasteiger partial charge in [0.1, 0.15) is 0 Å². The molecule has 2 fully saturated rings. The summed E-state index contributed by atoms with van der Waals surface area (Å²) in [6, 6.07) is 0.779. The minimum Gasteiger partial charge on any atom is -0.336 e. The van der Waals surface area contributed by atoms with E-state index in [1.807, 2.05) is 18.7 Å². The quantitative estimate of drug-likeness (QED) is 0.639. The van der Waals surface area contributed by atoms with Gasteiger partial charge in [-0.05, 0) is 26.2 Å². The molecule has 4 heteroatoms. The average molecular weight is 197 g/mol. The first-order valence-electron chi connectivity index (χ1n) is 5.46. The molecule has 0 aromatic heterocycles. The number of urea groups is 1. The maximum Gasteiger partial charge on any atom is 0.317 e. The third kappa shape index (κ3) is 1.71. The Kier molecular flexibility index (Phi) is 2.63. The predicted molar refractivity (Wildman–Crippen MR) is 55.1 cm³/mol. The lowest BCUT2D eigenvalue weighted by Crippen LogP contribution is -2.47. The van der Waals surface area contributed by atoms with Gasteiger partial charge in [-0.25, -0.2) is 4.79 Å². The fourth-order valence-electron chi connectivity index (χ4n) is 2.43. The number of nitrogens with zero attached hydrogens (tertiary/aromatic N) is 1. The summed E-state index contributed by atoms with van der Waals surface area (Å²) >= 11 is 0. The molecule has 0 aliphatic carbocycles. The highest BCUT2D eigenvalue weighted by molar-refractivity contribution is 5.75. The van der Waals surface area contributed by atoms with Crippen molar-refractivity contribution < 1.29 is 4.79 Å². The van der Waals surface area contributed by atoms with Crippen molar-refractivity contribution in [2.75, 3.05) is 19.6 Å². The van der Waals surface area contributed by atoms with Crippen molar-refractivity contribution in [2.45, 2.75) is 32.4 Å². The largest absolute Gasteiger partial charge is 0.336 e. The second-order valence-electron chi connectivity index (χ2n) is 4.57. The molecule has 0 aromatic carbocycles. The fraction of sp³-hybridized carbons (Fsp3) is 0.900. The molecule has 4 nitrogen and oxygen atoms in total. The second-order valence-corrected chi connectivity index (χ2v) is 4.57. The second kappa shape index (κ2) is 3.77. The zero-order valence-electron chi connectivity index (χ0n) is 8.92. The normalized spacial score (nSPS) is 30.9. The van der Waals surface area contributed by atoms with Crippen LogP contribution in [-0.4, -0.2) is 42.6 Å². The number of carbonyl (C=O) groups excluding carboxylic acids is 1. The molecule has 2 N–H and O–H groups in total. The molecule has 0 aromatic rings. The minimum atomic E-state index is 0.108. The van der Waals surface area contributed by atoms with Gasteiger partial charge in [0.25, 0.3) is 0 Å². The average Bonchev–Trinajstić information content (AvgIpc) is 2.59. The monoisotopic (exact) mass is 197 g/mol. The summed E-state index contributed by atoms with van der Waals surface area (Å²) in [7, 11) is 0. The van der Waals surface area contributed by atoms with Gasteiger partial charge in [0, 0.05) is 31.7 Å². The molecule has 0 unspecified atom stereocenters. The Balaban J connectivity index is 1.94. The lowest BCUT2D eigenvalue weighted by Gasteiger charge is -2.24. The van der Waals surface area contributed by atoms with Gasteiger partial charge in [-0.15, -0.1) is 0 Å². The van der Waals surface area contributed by atoms with Gasteiger partial charge in [0.2, 0.25) is 0 Å². The van der Waals surface area contributed by atoms with Crippen LogP contribution in [0, 0.1) is 5.92 Å². The molecule has 2 aliphatic heterocycles. The van der Waals surface area contributed by atoms with Crippen LogP contribution in [0.3, 0.4) is 0 Å². The van der Waals surface area contributed by atoms with Gasteiger partial charge in [-0.3, -0.25) is 0 Å². The summed E-state index contributed by atoms with van der Waals surface area (Å²) < 4.78 is 0. The zero-order valence-corrected chi connectivity index (χ0v) is 8.92. The Hall–Kier alpha value is -0.770. The lowest BCUT2D eigenvalue weighted by atomic mass is 10.1. The number of carbonyl (C=O) groups is 1. The van der Waals surface area contributed by atoms with E-state index in [0.29, 0.717) is 12.0 Å². The highest BCUT2D eigenvalue weighted by atomic mass is 16.2. The molecule has 2 heterocycles. The first kappa shape index (κ1) is 9.77. The van der Waals surface area contributed by atoms with Crippen molar-refractivity contribution in [3.8, 4) is 0 Å². The van der Waals surface area contributed by atoms with Crippen LogP contribution in [0.15, 0.2) is 0 Å². The van der Waals surface area contributed by atoms with Gasteiger partial charge >= 0.3 is 6.03 Å². The first-order chi connectivity index (χ1) is 6.68. The number of nitrogens with one attached hydrogen (secondary N) is 2. The van der Waals surface area contributed by atoms with E-state index in [1.54, 1.807) is 0 Å². The van der Waals surface area contributed by atoms with Crippen LogP contribution >= 0.6 is 0 Å². The van der Waals surface area contributed by atoms with E-state index in [9.17, 15) is 4.79 Å². The van der Waals surface area contributed by atoms with Crippen LogP contribution in [0.5, 0.6) is 0 Å². The molecule has 2 amide bonds. The van der Waals surface area contributed by atoms with E-state index in [-0.39, 0.29) is 12.1 Å². The predicted octanol–water partition coefficient (Wildman–Crippen LogP) is 0.398.